The Bertz CT molecular complexity index is 629. The number of carboxylic acids is 2. The molecule has 0 saturated carbocycles. The Hall–Kier alpha value is -2.89. The molecule has 1 aliphatic heterocycles. The number of aliphatic carboxylic acids is 2. The fourth-order valence-electron chi connectivity index (χ4n) is 1.85. The number of carboxylic acid groups (broad SMARTS) is 2. The number of alkyl carbamates (subject to hydrolysis) is 1. The molecule has 1 rings (SSSR count). The van der Waals surface area contributed by atoms with Crippen LogP contribution in [0.4, 0.5) is 4.79 Å². The molecule has 1 heterocycles. The van der Waals surface area contributed by atoms with Gasteiger partial charge in [-0.05, 0) is 27.7 Å². The lowest BCUT2D eigenvalue weighted by atomic mass is 10.2. The summed E-state index contributed by atoms with van der Waals surface area (Å²) in [4.78, 5) is 57.2. The van der Waals surface area contributed by atoms with Crippen molar-refractivity contribution in [2.24, 2.45) is 0 Å². The van der Waals surface area contributed by atoms with Gasteiger partial charge >= 0.3 is 18.0 Å². The average molecular weight is 389 g/mol. The molecule has 12 nitrogen and oxygen atoms in total. The van der Waals surface area contributed by atoms with Crippen LogP contribution in [0.15, 0.2) is 0 Å². The second-order valence-corrected chi connectivity index (χ2v) is 6.83. The number of rotatable bonds is 8. The molecular formula is C15H23N3O9. The van der Waals surface area contributed by atoms with Crippen molar-refractivity contribution in [2.45, 2.75) is 57.6 Å². The first kappa shape index (κ1) is 22.2. The zero-order valence-electron chi connectivity index (χ0n) is 15.3. The fraction of sp³-hybridized carbons (Fsp3) is 0.667. The Balaban J connectivity index is 2.50. The molecule has 2 unspecified atom stereocenters. The van der Waals surface area contributed by atoms with Crippen LogP contribution in [-0.2, 0) is 28.7 Å². The summed E-state index contributed by atoms with van der Waals surface area (Å²) < 4.78 is 9.62. The third kappa shape index (κ3) is 7.48. The lowest BCUT2D eigenvalue weighted by Gasteiger charge is -2.22. The molecule has 1 saturated heterocycles. The largest absolute Gasteiger partial charge is 0.480 e. The van der Waals surface area contributed by atoms with E-state index in [0.29, 0.717) is 0 Å². The molecule has 1 aliphatic rings. The molecule has 4 atom stereocenters. The van der Waals surface area contributed by atoms with Gasteiger partial charge < -0.3 is 35.6 Å². The third-order valence-corrected chi connectivity index (χ3v) is 3.21. The van der Waals surface area contributed by atoms with Crippen molar-refractivity contribution >= 4 is 29.8 Å². The van der Waals surface area contributed by atoms with Crippen LogP contribution >= 0.6 is 0 Å². The number of ether oxygens (including phenoxy) is 2. The van der Waals surface area contributed by atoms with Crippen LogP contribution in [0.1, 0.15) is 27.7 Å². The summed E-state index contributed by atoms with van der Waals surface area (Å²) in [5.74, 6) is -4.35. The van der Waals surface area contributed by atoms with E-state index in [9.17, 15) is 24.0 Å². The summed E-state index contributed by atoms with van der Waals surface area (Å²) >= 11 is 0. The first-order valence-corrected chi connectivity index (χ1v) is 8.00. The Morgan fingerprint density at radius 3 is 2.11 bits per heavy atom. The van der Waals surface area contributed by atoms with Crippen molar-refractivity contribution in [1.82, 2.24) is 16.0 Å². The quantitative estimate of drug-likeness (QED) is 0.306. The smallest absolute Gasteiger partial charge is 0.408 e. The maximum atomic E-state index is 12.0. The molecule has 0 aliphatic carbocycles. The van der Waals surface area contributed by atoms with Gasteiger partial charge in [0.05, 0.1) is 0 Å². The van der Waals surface area contributed by atoms with Crippen LogP contribution in [0.25, 0.3) is 0 Å². The number of epoxide rings is 1. The average Bonchev–Trinajstić information content (AvgIpc) is 3.29. The molecule has 5 N–H and O–H groups in total. The maximum Gasteiger partial charge on any atom is 0.408 e. The van der Waals surface area contributed by atoms with Gasteiger partial charge in [0.15, 0.2) is 12.2 Å². The molecule has 0 aromatic heterocycles. The summed E-state index contributed by atoms with van der Waals surface area (Å²) in [5.41, 5.74) is -0.771. The first-order valence-electron chi connectivity index (χ1n) is 8.00. The van der Waals surface area contributed by atoms with E-state index < -0.39 is 66.3 Å². The molecule has 3 amide bonds. The van der Waals surface area contributed by atoms with Gasteiger partial charge in [-0.1, -0.05) is 0 Å². The summed E-state index contributed by atoms with van der Waals surface area (Å²) in [6.07, 6.45) is -3.31. The van der Waals surface area contributed by atoms with Gasteiger partial charge in [-0.2, -0.15) is 0 Å². The SMILES string of the molecule is C[C@H](NC(=O)OC(C)(C)C)C(=O)N[C@@H](CNC(=O)C1OC1C(=O)O)C(=O)O. The number of hydrogen-bond acceptors (Lipinski definition) is 7. The Morgan fingerprint density at radius 2 is 1.67 bits per heavy atom. The van der Waals surface area contributed by atoms with E-state index in [4.69, 9.17) is 14.9 Å². The summed E-state index contributed by atoms with van der Waals surface area (Å²) in [6.45, 7) is 5.74. The topological polar surface area (TPSA) is 184 Å². The number of nitrogens with one attached hydrogen (secondary N) is 3. The van der Waals surface area contributed by atoms with E-state index in [-0.39, 0.29) is 0 Å². The molecule has 0 radical (unpaired) electrons. The molecule has 12 heteroatoms. The lowest BCUT2D eigenvalue weighted by Crippen LogP contribution is -2.54. The van der Waals surface area contributed by atoms with Gasteiger partial charge in [-0.15, -0.1) is 0 Å². The highest BCUT2D eigenvalue weighted by atomic mass is 16.6. The van der Waals surface area contributed by atoms with E-state index >= 15 is 0 Å². The second-order valence-electron chi connectivity index (χ2n) is 6.83. The minimum absolute atomic E-state index is 0.495. The molecule has 0 aromatic carbocycles. The number of hydrogen-bond donors (Lipinski definition) is 5. The van der Waals surface area contributed by atoms with E-state index in [1.165, 1.54) is 6.92 Å². The Kier molecular flexibility index (Phi) is 7.11. The van der Waals surface area contributed by atoms with Gasteiger partial charge in [0, 0.05) is 6.54 Å². The number of carbonyl (C=O) groups is 5. The van der Waals surface area contributed by atoms with Crippen LogP contribution in [0.5, 0.6) is 0 Å². The third-order valence-electron chi connectivity index (χ3n) is 3.21. The predicted molar refractivity (Wildman–Crippen MR) is 87.7 cm³/mol. The first-order chi connectivity index (χ1) is 12.3. The zero-order valence-corrected chi connectivity index (χ0v) is 15.3. The van der Waals surface area contributed by atoms with Gasteiger partial charge in [0.2, 0.25) is 5.91 Å². The van der Waals surface area contributed by atoms with Crippen LogP contribution in [0, 0.1) is 0 Å². The highest BCUT2D eigenvalue weighted by Crippen LogP contribution is 2.21. The molecule has 0 aromatic rings. The Labute approximate surface area is 154 Å². The highest BCUT2D eigenvalue weighted by molar-refractivity contribution is 5.93. The van der Waals surface area contributed by atoms with E-state index in [2.05, 4.69) is 20.7 Å². The molecular weight excluding hydrogens is 366 g/mol. The van der Waals surface area contributed by atoms with Crippen molar-refractivity contribution in [2.75, 3.05) is 6.54 Å². The van der Waals surface area contributed by atoms with Gasteiger partial charge in [0.25, 0.3) is 5.91 Å². The van der Waals surface area contributed by atoms with Crippen LogP contribution in [0.2, 0.25) is 0 Å². The van der Waals surface area contributed by atoms with Crippen molar-refractivity contribution < 1.29 is 43.7 Å². The Morgan fingerprint density at radius 1 is 1.07 bits per heavy atom. The standard InChI is InChI=1S/C15H23N3O9/c1-6(17-14(25)27-15(2,3)4)10(19)18-7(12(21)22)5-16-11(20)8-9(26-8)13(23)24/h6-9H,5H2,1-4H3,(H,16,20)(H,17,25)(H,18,19)(H,21,22)(H,23,24)/t6-,7-,8?,9?/m0/s1. The zero-order chi connectivity index (χ0) is 20.9. The molecule has 152 valence electrons. The fourth-order valence-corrected chi connectivity index (χ4v) is 1.85. The van der Waals surface area contributed by atoms with Gasteiger partial charge in [0.1, 0.15) is 17.7 Å². The maximum absolute atomic E-state index is 12.0. The summed E-state index contributed by atoms with van der Waals surface area (Å²) in [7, 11) is 0. The molecule has 27 heavy (non-hydrogen) atoms. The number of carbonyl (C=O) groups excluding carboxylic acids is 3. The second kappa shape index (κ2) is 8.66. The molecule has 0 bridgehead atoms. The van der Waals surface area contributed by atoms with E-state index in [1.54, 1.807) is 20.8 Å². The molecule has 0 spiro atoms. The minimum atomic E-state index is -1.49. The van der Waals surface area contributed by atoms with Crippen LogP contribution in [0.3, 0.4) is 0 Å². The predicted octanol–water partition coefficient (Wildman–Crippen LogP) is -1.56. The van der Waals surface area contributed by atoms with E-state index in [0.717, 1.165) is 0 Å². The van der Waals surface area contributed by atoms with E-state index in [1.807, 2.05) is 0 Å². The van der Waals surface area contributed by atoms with Crippen molar-refractivity contribution in [3.8, 4) is 0 Å². The van der Waals surface area contributed by atoms with Crippen molar-refractivity contribution in [3.05, 3.63) is 0 Å². The van der Waals surface area contributed by atoms with Crippen LogP contribution < -0.4 is 16.0 Å². The number of amides is 3. The molecule has 1 fully saturated rings. The normalized spacial score (nSPS) is 20.6. The van der Waals surface area contributed by atoms with Crippen molar-refractivity contribution in [1.29, 1.82) is 0 Å². The lowest BCUT2D eigenvalue weighted by molar-refractivity contribution is -0.142. The highest BCUT2D eigenvalue weighted by Gasteiger charge is 2.50. The minimum Gasteiger partial charge on any atom is -0.480 e. The van der Waals surface area contributed by atoms with Crippen LogP contribution in [-0.4, -0.2) is 76.5 Å². The van der Waals surface area contributed by atoms with Gasteiger partial charge in [-0.25, -0.2) is 14.4 Å². The van der Waals surface area contributed by atoms with Crippen molar-refractivity contribution in [3.63, 3.8) is 0 Å². The monoisotopic (exact) mass is 389 g/mol. The summed E-state index contributed by atoms with van der Waals surface area (Å²) in [5, 5.41) is 24.4. The summed E-state index contributed by atoms with van der Waals surface area (Å²) in [6, 6.07) is -2.59. The van der Waals surface area contributed by atoms with Gasteiger partial charge in [-0.3, -0.25) is 9.59 Å².